The van der Waals surface area contributed by atoms with Crippen molar-refractivity contribution in [2.45, 2.75) is 66.2 Å². The van der Waals surface area contributed by atoms with E-state index in [4.69, 9.17) is 0 Å². The lowest BCUT2D eigenvalue weighted by Gasteiger charge is -2.28. The average Bonchev–Trinajstić information content (AvgIpc) is 3.73. The molecule has 72 heavy (non-hydrogen) atoms. The number of nitrogens with zero attached hydrogens (tertiary/aromatic N) is 2. The third-order valence-corrected chi connectivity index (χ3v) is 15.7. The number of aryl methyl sites for hydroxylation is 4. The van der Waals surface area contributed by atoms with Crippen LogP contribution < -0.4 is 9.80 Å². The monoisotopic (exact) mass is 938 g/mol. The van der Waals surface area contributed by atoms with E-state index in [2.05, 4.69) is 211 Å². The first-order chi connectivity index (χ1) is 34.7. The molecule has 10 aromatic carbocycles. The van der Waals surface area contributed by atoms with Crippen LogP contribution in [0.25, 0.3) is 55.3 Å². The molecule has 0 heterocycles. The highest BCUT2D eigenvalue weighted by Gasteiger charge is 2.43. The summed E-state index contributed by atoms with van der Waals surface area (Å²) in [7, 11) is 0. The number of hydrogen-bond donors (Lipinski definition) is 0. The van der Waals surface area contributed by atoms with Gasteiger partial charge in [0, 0.05) is 67.2 Å². The van der Waals surface area contributed by atoms with E-state index in [-0.39, 0.29) is 11.6 Å². The zero-order valence-electron chi connectivity index (χ0n) is 42.1. The van der Waals surface area contributed by atoms with Crippen molar-refractivity contribution >= 4 is 44.9 Å². The third-order valence-electron chi connectivity index (χ3n) is 15.7. The molecule has 0 saturated heterocycles. The second-order valence-corrected chi connectivity index (χ2v) is 21.1. The van der Waals surface area contributed by atoms with Crippen LogP contribution in [0.5, 0.6) is 0 Å². The van der Waals surface area contributed by atoms with Crippen LogP contribution in [-0.4, -0.2) is 0 Å². The lowest BCUT2D eigenvalue weighted by atomic mass is 9.76. The highest BCUT2D eigenvalue weighted by atomic mass is 19.1. The molecular formula is C68H56F2N2. The molecule has 0 atom stereocenters. The number of rotatable bonds is 8. The molecule has 0 N–H and O–H groups in total. The van der Waals surface area contributed by atoms with Crippen molar-refractivity contribution in [3.63, 3.8) is 0 Å². The predicted octanol–water partition coefficient (Wildman–Crippen LogP) is 19.2. The molecule has 0 aromatic heterocycles. The van der Waals surface area contributed by atoms with Gasteiger partial charge in [0.2, 0.25) is 0 Å². The predicted molar refractivity (Wildman–Crippen MR) is 298 cm³/mol. The van der Waals surface area contributed by atoms with Crippen molar-refractivity contribution < 1.29 is 8.78 Å². The van der Waals surface area contributed by atoms with Gasteiger partial charge in [-0.25, -0.2) is 8.78 Å². The van der Waals surface area contributed by atoms with Crippen molar-refractivity contribution in [3.05, 3.63) is 250 Å². The molecule has 0 amide bonds. The first-order valence-electron chi connectivity index (χ1n) is 25.0. The Labute approximate surface area is 422 Å². The Morgan fingerprint density at radius 3 is 0.889 bits per heavy atom. The van der Waals surface area contributed by atoms with Crippen LogP contribution >= 0.6 is 0 Å². The van der Waals surface area contributed by atoms with E-state index in [0.717, 1.165) is 101 Å². The van der Waals surface area contributed by atoms with E-state index in [0.29, 0.717) is 11.1 Å². The third kappa shape index (κ3) is 7.10. The molecule has 0 spiro atoms. The molecule has 4 heteroatoms. The fourth-order valence-electron chi connectivity index (χ4n) is 11.7. The number of anilines is 6. The summed E-state index contributed by atoms with van der Waals surface area (Å²) in [5.41, 5.74) is 21.3. The summed E-state index contributed by atoms with van der Waals surface area (Å²) < 4.78 is 33.9. The van der Waals surface area contributed by atoms with Crippen molar-refractivity contribution in [2.75, 3.05) is 9.80 Å². The molecule has 0 aliphatic heterocycles. The van der Waals surface area contributed by atoms with Crippen LogP contribution in [0.1, 0.15) is 72.2 Å². The molecule has 2 aliphatic rings. The Morgan fingerprint density at radius 1 is 0.292 bits per heavy atom. The van der Waals surface area contributed by atoms with E-state index >= 15 is 8.78 Å². The van der Waals surface area contributed by atoms with Crippen LogP contribution in [-0.2, 0) is 10.8 Å². The fourth-order valence-corrected chi connectivity index (χ4v) is 11.7. The SMILES string of the molecule is Cc1ccc(N(c2ccc(C)cc2)c2ccc3c(c2)C(C)(C)c2cc4c(-c5ccccc5F)c5c(cc4c(-c4ccccc4F)c2-3)C(C)(C)c2cc(N(c3ccc(C)cc3)c3ccc(C)cc3)ccc2-5)cc1. The van der Waals surface area contributed by atoms with Crippen molar-refractivity contribution in [1.82, 2.24) is 0 Å². The molecule has 12 rings (SSSR count). The summed E-state index contributed by atoms with van der Waals surface area (Å²) in [6.07, 6.45) is 0. The molecule has 0 unspecified atom stereocenters. The summed E-state index contributed by atoms with van der Waals surface area (Å²) in [6, 6.07) is 67.2. The van der Waals surface area contributed by atoms with E-state index in [1.165, 1.54) is 22.3 Å². The van der Waals surface area contributed by atoms with Crippen LogP contribution in [0.4, 0.5) is 42.9 Å². The van der Waals surface area contributed by atoms with Crippen molar-refractivity contribution in [1.29, 1.82) is 0 Å². The molecule has 352 valence electrons. The van der Waals surface area contributed by atoms with E-state index in [9.17, 15) is 0 Å². The minimum Gasteiger partial charge on any atom is -0.310 e. The molecule has 0 saturated carbocycles. The van der Waals surface area contributed by atoms with Gasteiger partial charge in [0.25, 0.3) is 0 Å². The van der Waals surface area contributed by atoms with Gasteiger partial charge in [0.1, 0.15) is 11.6 Å². The van der Waals surface area contributed by atoms with Crippen molar-refractivity contribution in [2.24, 2.45) is 0 Å². The van der Waals surface area contributed by atoms with Gasteiger partial charge in [-0.2, -0.15) is 0 Å². The Balaban J connectivity index is 1.13. The highest BCUT2D eigenvalue weighted by Crippen LogP contribution is 2.61. The van der Waals surface area contributed by atoms with Gasteiger partial charge >= 0.3 is 0 Å². The van der Waals surface area contributed by atoms with Gasteiger partial charge in [-0.3, -0.25) is 0 Å². The van der Waals surface area contributed by atoms with Crippen LogP contribution in [0.15, 0.2) is 194 Å². The maximum Gasteiger partial charge on any atom is 0.131 e. The van der Waals surface area contributed by atoms with Crippen LogP contribution in [0.3, 0.4) is 0 Å². The largest absolute Gasteiger partial charge is 0.310 e. The summed E-state index contributed by atoms with van der Waals surface area (Å²) in [4.78, 5) is 4.64. The minimum absolute atomic E-state index is 0.299. The lowest BCUT2D eigenvalue weighted by Crippen LogP contribution is -2.17. The summed E-state index contributed by atoms with van der Waals surface area (Å²) in [6.45, 7) is 17.6. The quantitative estimate of drug-likeness (QED) is 0.150. The van der Waals surface area contributed by atoms with Gasteiger partial charge in [-0.1, -0.05) is 147 Å². The maximum atomic E-state index is 16.9. The summed E-state index contributed by atoms with van der Waals surface area (Å²) in [5.74, 6) is -0.597. The van der Waals surface area contributed by atoms with Crippen LogP contribution in [0.2, 0.25) is 0 Å². The number of fused-ring (bicyclic) bond motifs is 7. The normalized spacial score (nSPS) is 13.6. The number of benzene rings is 10. The Bertz CT molecular complexity index is 3450. The Kier molecular flexibility index (Phi) is 10.5. The summed E-state index contributed by atoms with van der Waals surface area (Å²) in [5, 5.41) is 1.79. The topological polar surface area (TPSA) is 6.48 Å². The zero-order chi connectivity index (χ0) is 49.8. The zero-order valence-corrected chi connectivity index (χ0v) is 42.1. The van der Waals surface area contributed by atoms with E-state index in [1.54, 1.807) is 24.3 Å². The summed E-state index contributed by atoms with van der Waals surface area (Å²) >= 11 is 0. The molecule has 0 bridgehead atoms. The van der Waals surface area contributed by atoms with Gasteiger partial charge in [0.15, 0.2) is 0 Å². The van der Waals surface area contributed by atoms with Crippen LogP contribution in [0, 0.1) is 39.3 Å². The molecule has 10 aromatic rings. The molecular weight excluding hydrogens is 883 g/mol. The van der Waals surface area contributed by atoms with Gasteiger partial charge in [0.05, 0.1) is 0 Å². The first kappa shape index (κ1) is 45.1. The second-order valence-electron chi connectivity index (χ2n) is 21.1. The smallest absolute Gasteiger partial charge is 0.131 e. The average molecular weight is 939 g/mol. The fraction of sp³-hybridized carbons (Fsp3) is 0.147. The van der Waals surface area contributed by atoms with E-state index in [1.807, 2.05) is 24.3 Å². The van der Waals surface area contributed by atoms with Gasteiger partial charge in [-0.05, 0) is 180 Å². The number of halogens is 2. The molecule has 2 nitrogen and oxygen atoms in total. The lowest BCUT2D eigenvalue weighted by molar-refractivity contribution is 0.630. The van der Waals surface area contributed by atoms with Crippen molar-refractivity contribution in [3.8, 4) is 44.5 Å². The van der Waals surface area contributed by atoms with E-state index < -0.39 is 10.8 Å². The maximum absolute atomic E-state index is 16.9. The number of hydrogen-bond acceptors (Lipinski definition) is 2. The Morgan fingerprint density at radius 2 is 0.583 bits per heavy atom. The highest BCUT2D eigenvalue weighted by molar-refractivity contribution is 6.17. The standard InChI is InChI=1S/C68H56F2N2/c1-41-17-25-45(26-18-41)71(46-27-19-42(2)20-28-46)49-33-35-51-57(37-49)67(5,6)59-39-55-56(63(65(51)59)53-13-9-11-15-61(53)69)40-60-66(64(55)54-14-10-12-16-62(54)70)52-36-34-50(38-58(52)68(60,7)8)72(47-29-21-43(3)22-30-47)48-31-23-44(4)24-32-48/h9-40H,1-8H3. The molecule has 0 fully saturated rings. The Hall–Kier alpha value is -8.08. The molecule has 0 radical (unpaired) electrons. The van der Waals surface area contributed by atoms with Gasteiger partial charge in [-0.15, -0.1) is 0 Å². The molecule has 2 aliphatic carbocycles. The second kappa shape index (κ2) is 16.8. The minimum atomic E-state index is -0.534. The van der Waals surface area contributed by atoms with Gasteiger partial charge < -0.3 is 9.80 Å². The first-order valence-corrected chi connectivity index (χ1v) is 25.0.